The fourth-order valence-electron chi connectivity index (χ4n) is 5.07. The summed E-state index contributed by atoms with van der Waals surface area (Å²) in [5.41, 5.74) is 10.1. The van der Waals surface area contributed by atoms with Crippen LogP contribution in [0, 0.1) is 0 Å². The minimum absolute atomic E-state index is 0.169. The van der Waals surface area contributed by atoms with E-state index in [9.17, 15) is 24.0 Å². The highest BCUT2D eigenvalue weighted by Crippen LogP contribution is 2.12. The van der Waals surface area contributed by atoms with Gasteiger partial charge in [-0.05, 0) is 67.8 Å². The summed E-state index contributed by atoms with van der Waals surface area (Å²) < 4.78 is 24.6. The van der Waals surface area contributed by atoms with Gasteiger partial charge in [0.15, 0.2) is 0 Å². The molecule has 10 nitrogen and oxygen atoms in total. The summed E-state index contributed by atoms with van der Waals surface area (Å²) in [5.74, 6) is -1.12. The molecule has 67 heavy (non-hydrogen) atoms. The molecular weight excluding hydrogens is 845 g/mol. The minimum atomic E-state index is -0.265. The summed E-state index contributed by atoms with van der Waals surface area (Å²) in [7, 11) is 0. The van der Waals surface area contributed by atoms with Crippen molar-refractivity contribution in [3.8, 4) is 0 Å². The molecule has 0 saturated heterocycles. The van der Waals surface area contributed by atoms with E-state index in [1.54, 1.807) is 44.2 Å². The van der Waals surface area contributed by atoms with Crippen molar-refractivity contribution in [3.63, 3.8) is 0 Å². The summed E-state index contributed by atoms with van der Waals surface area (Å²) in [5, 5.41) is 0. The average Bonchev–Trinajstić information content (AvgIpc) is 3.36. The lowest BCUT2D eigenvalue weighted by atomic mass is 10.1. The maximum atomic E-state index is 10.9. The van der Waals surface area contributed by atoms with E-state index in [0.717, 1.165) is 55.6 Å². The second-order valence-corrected chi connectivity index (χ2v) is 14.1. The van der Waals surface area contributed by atoms with E-state index in [-0.39, 0.29) is 29.8 Å². The van der Waals surface area contributed by atoms with Crippen molar-refractivity contribution in [1.82, 2.24) is 0 Å². The molecule has 0 aliphatic heterocycles. The molecule has 0 fully saturated rings. The van der Waals surface area contributed by atoms with Crippen molar-refractivity contribution in [1.29, 1.82) is 0 Å². The molecule has 0 aliphatic rings. The van der Waals surface area contributed by atoms with E-state index in [4.69, 9.17) is 23.7 Å². The van der Waals surface area contributed by atoms with Gasteiger partial charge in [-0.2, -0.15) is 0 Å². The molecule has 0 unspecified atom stereocenters. The Morgan fingerprint density at radius 1 is 0.388 bits per heavy atom. The molecule has 352 valence electrons. The van der Waals surface area contributed by atoms with Gasteiger partial charge in [-0.3, -0.25) is 24.0 Å². The Morgan fingerprint density at radius 3 is 1.12 bits per heavy atom. The Labute approximate surface area is 396 Å². The molecule has 0 radical (unpaired) electrons. The lowest BCUT2D eigenvalue weighted by Gasteiger charge is -2.05. The Balaban J connectivity index is 0.000000419. The number of hydrogen-bond acceptors (Lipinski definition) is 10. The van der Waals surface area contributed by atoms with Crippen molar-refractivity contribution in [2.75, 3.05) is 0 Å². The molecule has 0 spiro atoms. The van der Waals surface area contributed by atoms with Crippen LogP contribution in [-0.4, -0.2) is 29.8 Å². The van der Waals surface area contributed by atoms with Crippen LogP contribution < -0.4 is 0 Å². The third kappa shape index (κ3) is 27.2. The number of carbonyl (C=O) groups excluding carboxylic acids is 5. The van der Waals surface area contributed by atoms with Crippen LogP contribution in [0.15, 0.2) is 154 Å². The maximum Gasteiger partial charge on any atom is 0.305 e. The standard InChI is InChI=1S/2C12H14O2.3C11H12O2/c1-3-10-5-7-11(8-6-10)9-14-12(13)4-2;1-3-10-6-5-7-11(8-10)9-14-12(13)4-2;1-3-10-4-6-11(7-5-10)8-13-9(2)12;1-3-10-5-4-6-11(7-10)8-13-9(2)12;1-3-10-6-4-5-7-11(10)8-13-9(2)12/h2*3,5-8H,1,4,9H2,2H3;3*3-7H,1,8H2,2H3. The molecule has 0 bridgehead atoms. The highest BCUT2D eigenvalue weighted by Gasteiger charge is 2.02. The van der Waals surface area contributed by atoms with E-state index in [2.05, 4.69) is 32.9 Å². The second kappa shape index (κ2) is 34.5. The molecule has 0 aliphatic carbocycles. The van der Waals surface area contributed by atoms with E-state index < -0.39 is 0 Å². The van der Waals surface area contributed by atoms with Crippen molar-refractivity contribution in [2.45, 2.75) is 80.5 Å². The maximum absolute atomic E-state index is 10.9. The number of hydrogen-bond donors (Lipinski definition) is 0. The molecule has 5 aromatic rings. The summed E-state index contributed by atoms with van der Waals surface area (Å²) in [6, 6.07) is 38.6. The fraction of sp³-hybridized carbons (Fsp3) is 0.211. The Kier molecular flexibility index (Phi) is 29.5. The predicted octanol–water partition coefficient (Wildman–Crippen LogP) is 12.7. The summed E-state index contributed by atoms with van der Waals surface area (Å²) in [6.07, 6.45) is 9.67. The summed E-state index contributed by atoms with van der Waals surface area (Å²) in [4.78, 5) is 53.4. The number of benzene rings is 5. The number of rotatable bonds is 17. The van der Waals surface area contributed by atoms with Crippen LogP contribution in [0.25, 0.3) is 30.4 Å². The molecule has 10 heteroatoms. The van der Waals surface area contributed by atoms with E-state index in [0.29, 0.717) is 45.9 Å². The van der Waals surface area contributed by atoms with Crippen LogP contribution in [0.4, 0.5) is 0 Å². The van der Waals surface area contributed by atoms with Gasteiger partial charge in [0.25, 0.3) is 0 Å². The van der Waals surface area contributed by atoms with Crippen molar-refractivity contribution >= 4 is 60.2 Å². The van der Waals surface area contributed by atoms with Gasteiger partial charge in [-0.25, -0.2) is 0 Å². The lowest BCUT2D eigenvalue weighted by molar-refractivity contribution is -0.145. The van der Waals surface area contributed by atoms with Gasteiger partial charge >= 0.3 is 29.8 Å². The van der Waals surface area contributed by atoms with Gasteiger partial charge in [0, 0.05) is 33.6 Å². The first-order valence-electron chi connectivity index (χ1n) is 21.5. The van der Waals surface area contributed by atoms with E-state index in [1.165, 1.54) is 20.8 Å². The molecule has 0 aromatic heterocycles. The van der Waals surface area contributed by atoms with Crippen LogP contribution >= 0.6 is 0 Å². The van der Waals surface area contributed by atoms with E-state index >= 15 is 0 Å². The second-order valence-electron chi connectivity index (χ2n) is 14.1. The van der Waals surface area contributed by atoms with Gasteiger partial charge in [0.05, 0.1) is 0 Å². The van der Waals surface area contributed by atoms with Crippen molar-refractivity contribution in [2.24, 2.45) is 0 Å². The SMILES string of the molecule is C=Cc1ccc(COC(=O)CC)cc1.C=Cc1ccc(COC(C)=O)cc1.C=Cc1cccc(COC(=O)CC)c1.C=Cc1cccc(COC(C)=O)c1.C=Cc1ccccc1COC(C)=O. The monoisotopic (exact) mass is 908 g/mol. The zero-order chi connectivity index (χ0) is 49.8. The van der Waals surface area contributed by atoms with Crippen LogP contribution in [0.1, 0.15) is 103 Å². The quantitative estimate of drug-likeness (QED) is 0.0656. The zero-order valence-corrected chi connectivity index (χ0v) is 39.5. The van der Waals surface area contributed by atoms with Crippen LogP contribution in [0.2, 0.25) is 0 Å². The molecule has 0 atom stereocenters. The highest BCUT2D eigenvalue weighted by atomic mass is 16.5. The van der Waals surface area contributed by atoms with Crippen molar-refractivity contribution in [3.05, 3.63) is 210 Å². The number of esters is 5. The first-order valence-corrected chi connectivity index (χ1v) is 21.5. The summed E-state index contributed by atoms with van der Waals surface area (Å²) >= 11 is 0. The molecule has 0 heterocycles. The Morgan fingerprint density at radius 2 is 0.746 bits per heavy atom. The fourth-order valence-corrected chi connectivity index (χ4v) is 5.07. The van der Waals surface area contributed by atoms with Crippen molar-refractivity contribution < 1.29 is 47.7 Å². The number of carbonyl (C=O) groups is 5. The molecule has 5 rings (SSSR count). The molecule has 0 amide bonds. The third-order valence-corrected chi connectivity index (χ3v) is 8.77. The van der Waals surface area contributed by atoms with Gasteiger partial charge < -0.3 is 23.7 Å². The molecule has 0 N–H and O–H groups in total. The molecular formula is C57H64O10. The van der Waals surface area contributed by atoms with Gasteiger partial charge in [0.1, 0.15) is 33.0 Å². The zero-order valence-electron chi connectivity index (χ0n) is 39.5. The normalized spacial score (nSPS) is 9.39. The van der Waals surface area contributed by atoms with Gasteiger partial charge in [-0.1, -0.05) is 186 Å². The smallest absolute Gasteiger partial charge is 0.305 e. The minimum Gasteiger partial charge on any atom is -0.461 e. The Bertz CT molecular complexity index is 2340. The van der Waals surface area contributed by atoms with Gasteiger partial charge in [-0.15, -0.1) is 0 Å². The van der Waals surface area contributed by atoms with Crippen LogP contribution in [0.5, 0.6) is 0 Å². The lowest BCUT2D eigenvalue weighted by Crippen LogP contribution is -2.02. The first kappa shape index (κ1) is 57.2. The third-order valence-electron chi connectivity index (χ3n) is 8.77. The predicted molar refractivity (Wildman–Crippen MR) is 269 cm³/mol. The number of ether oxygens (including phenoxy) is 5. The largest absolute Gasteiger partial charge is 0.461 e. The summed E-state index contributed by atoms with van der Waals surface area (Å²) in [6.45, 7) is 27.8. The molecule has 0 saturated carbocycles. The molecule has 5 aromatic carbocycles. The highest BCUT2D eigenvalue weighted by molar-refractivity contribution is 5.69. The Hall–Kier alpha value is -7.85. The van der Waals surface area contributed by atoms with E-state index in [1.807, 2.05) is 121 Å². The first-order chi connectivity index (χ1) is 32.2. The van der Waals surface area contributed by atoms with Crippen LogP contribution in [0.3, 0.4) is 0 Å². The van der Waals surface area contributed by atoms with Crippen LogP contribution in [-0.2, 0) is 80.7 Å². The average molecular weight is 909 g/mol. The van der Waals surface area contributed by atoms with Gasteiger partial charge in [0.2, 0.25) is 0 Å². The topological polar surface area (TPSA) is 132 Å².